The molecule has 0 atom stereocenters. The van der Waals surface area contributed by atoms with Crippen molar-refractivity contribution in [2.45, 2.75) is 13.8 Å². The first kappa shape index (κ1) is 16.6. The van der Waals surface area contributed by atoms with E-state index in [2.05, 4.69) is 0 Å². The molecule has 5 heteroatoms. The van der Waals surface area contributed by atoms with Crippen LogP contribution in [0.4, 0.5) is 0 Å². The first-order valence-electron chi connectivity index (χ1n) is 2.31. The van der Waals surface area contributed by atoms with E-state index in [1.165, 1.54) is 0 Å². The Bertz CT molecular complexity index is 21.3. The van der Waals surface area contributed by atoms with Crippen molar-refractivity contribution >= 4 is 19.4 Å². The molecule has 0 aliphatic rings. The summed E-state index contributed by atoms with van der Waals surface area (Å²) in [6.45, 7) is 3.86. The molecular formula is C4H12Cl2O2Ru. The molecule has 0 saturated carbocycles. The molecule has 0 saturated heterocycles. The van der Waals surface area contributed by atoms with Crippen molar-refractivity contribution in [3.8, 4) is 0 Å². The fraction of sp³-hybridized carbons (Fsp3) is 1.00. The summed E-state index contributed by atoms with van der Waals surface area (Å²) in [5, 5.41) is 15.1. The van der Waals surface area contributed by atoms with Gasteiger partial charge in [0.05, 0.1) is 0 Å². The third kappa shape index (κ3) is 367. The quantitative estimate of drug-likeness (QED) is 0.649. The van der Waals surface area contributed by atoms with E-state index in [9.17, 15) is 0 Å². The third-order valence-corrected chi connectivity index (χ3v) is 0. The average molecular weight is 264 g/mol. The van der Waals surface area contributed by atoms with Gasteiger partial charge in [-0.3, -0.25) is 0 Å². The van der Waals surface area contributed by atoms with Gasteiger partial charge in [0.2, 0.25) is 0 Å². The van der Waals surface area contributed by atoms with Crippen molar-refractivity contribution in [3.05, 3.63) is 0 Å². The standard InChI is InChI=1S/2C2H6O.2ClH.Ru/c2*1-2-3;;;/h2*3H,2H2,1H3;2*1H;/q;;;;+2/p-2. The third-order valence-electron chi connectivity index (χ3n) is 0. The number of rotatable bonds is 0. The number of aliphatic hydroxyl groups is 2. The van der Waals surface area contributed by atoms with Crippen LogP contribution in [0.2, 0.25) is 0 Å². The SMILES string of the molecule is CCO.CCO.[Cl][Ru][Cl]. The van der Waals surface area contributed by atoms with Gasteiger partial charge in [0.25, 0.3) is 0 Å². The molecule has 2 nitrogen and oxygen atoms in total. The summed E-state index contributed by atoms with van der Waals surface area (Å²) in [7, 11) is 9.71. The molecule has 2 N–H and O–H groups in total. The molecule has 0 bridgehead atoms. The zero-order chi connectivity index (χ0) is 8.12. The van der Waals surface area contributed by atoms with Crippen molar-refractivity contribution in [1.29, 1.82) is 0 Å². The van der Waals surface area contributed by atoms with Crippen LogP contribution in [0.25, 0.3) is 0 Å². The Morgan fingerprint density at radius 1 is 1.11 bits per heavy atom. The summed E-state index contributed by atoms with van der Waals surface area (Å²) < 4.78 is 0. The molecule has 0 unspecified atom stereocenters. The number of hydrogen-bond acceptors (Lipinski definition) is 2. The minimum atomic E-state index is -0.346. The second kappa shape index (κ2) is 35.4. The molecule has 0 aromatic heterocycles. The topological polar surface area (TPSA) is 40.5 Å². The van der Waals surface area contributed by atoms with Crippen LogP contribution in [0.5, 0.6) is 0 Å². The number of halogens is 2. The van der Waals surface area contributed by atoms with E-state index in [4.69, 9.17) is 29.6 Å². The molecular weight excluding hydrogens is 252 g/mol. The van der Waals surface area contributed by atoms with E-state index >= 15 is 0 Å². The Morgan fingerprint density at radius 3 is 1.11 bits per heavy atom. The summed E-state index contributed by atoms with van der Waals surface area (Å²) in [6.07, 6.45) is 0. The van der Waals surface area contributed by atoms with Crippen molar-refractivity contribution in [3.63, 3.8) is 0 Å². The van der Waals surface area contributed by atoms with Crippen LogP contribution in [-0.2, 0) is 15.1 Å². The van der Waals surface area contributed by atoms with E-state index in [1.807, 2.05) is 0 Å². The predicted octanol–water partition coefficient (Wildman–Crippen LogP) is 1.37. The molecule has 0 fully saturated rings. The maximum absolute atomic E-state index is 7.57. The summed E-state index contributed by atoms with van der Waals surface area (Å²) in [5.41, 5.74) is 0. The monoisotopic (exact) mass is 264 g/mol. The molecule has 0 aromatic rings. The Morgan fingerprint density at radius 2 is 1.11 bits per heavy atom. The predicted molar refractivity (Wildman–Crippen MR) is 37.2 cm³/mol. The van der Waals surface area contributed by atoms with Gasteiger partial charge in [-0.2, -0.15) is 0 Å². The van der Waals surface area contributed by atoms with Crippen molar-refractivity contribution in [1.82, 2.24) is 0 Å². The normalized spacial score (nSPS) is 6.44. The Hall–Kier alpha value is 1.12. The van der Waals surface area contributed by atoms with Gasteiger partial charge < -0.3 is 10.2 Å². The van der Waals surface area contributed by atoms with Crippen LogP contribution in [0.15, 0.2) is 0 Å². The molecule has 9 heavy (non-hydrogen) atoms. The molecule has 0 amide bonds. The van der Waals surface area contributed by atoms with Crippen LogP contribution < -0.4 is 0 Å². The van der Waals surface area contributed by atoms with Gasteiger partial charge in [0.1, 0.15) is 0 Å². The first-order chi connectivity index (χ1) is 4.24. The van der Waals surface area contributed by atoms with E-state index in [-0.39, 0.29) is 28.4 Å². The van der Waals surface area contributed by atoms with Crippen LogP contribution in [0, 0.1) is 0 Å². The molecule has 0 aliphatic carbocycles. The Kier molecular flexibility index (Phi) is 65.3. The van der Waals surface area contributed by atoms with Crippen LogP contribution >= 0.6 is 19.4 Å². The summed E-state index contributed by atoms with van der Waals surface area (Å²) in [4.78, 5) is 0. The van der Waals surface area contributed by atoms with Gasteiger partial charge in [-0.05, 0) is 13.8 Å². The molecule has 0 rings (SSSR count). The molecule has 62 valence electrons. The molecule has 0 radical (unpaired) electrons. The van der Waals surface area contributed by atoms with Crippen molar-refractivity contribution in [2.24, 2.45) is 0 Å². The van der Waals surface area contributed by atoms with E-state index in [0.29, 0.717) is 0 Å². The zero-order valence-electron chi connectivity index (χ0n) is 5.42. The van der Waals surface area contributed by atoms with Gasteiger partial charge in [0, 0.05) is 13.2 Å². The van der Waals surface area contributed by atoms with Crippen LogP contribution in [0.1, 0.15) is 13.8 Å². The fourth-order valence-corrected chi connectivity index (χ4v) is 0. The summed E-state index contributed by atoms with van der Waals surface area (Å²) in [5.74, 6) is 0. The molecule has 0 spiro atoms. The van der Waals surface area contributed by atoms with Gasteiger partial charge >= 0.3 is 34.5 Å². The van der Waals surface area contributed by atoms with Crippen LogP contribution in [-0.4, -0.2) is 23.4 Å². The van der Waals surface area contributed by atoms with Gasteiger partial charge in [-0.15, -0.1) is 0 Å². The van der Waals surface area contributed by atoms with Gasteiger partial charge in [-0.25, -0.2) is 0 Å². The van der Waals surface area contributed by atoms with Crippen molar-refractivity contribution in [2.75, 3.05) is 13.2 Å². The van der Waals surface area contributed by atoms with Crippen molar-refractivity contribution < 1.29 is 25.4 Å². The minimum absolute atomic E-state index is 0.250. The molecule has 0 heterocycles. The summed E-state index contributed by atoms with van der Waals surface area (Å²) in [6, 6.07) is 0. The van der Waals surface area contributed by atoms with Crippen LogP contribution in [0.3, 0.4) is 0 Å². The second-order valence-corrected chi connectivity index (χ2v) is 3.32. The van der Waals surface area contributed by atoms with E-state index in [1.54, 1.807) is 13.8 Å². The second-order valence-electron chi connectivity index (χ2n) is 0.683. The fourth-order valence-electron chi connectivity index (χ4n) is 0. The average Bonchev–Trinajstić information content (AvgIpc) is 1.70. The molecule has 0 aliphatic heterocycles. The maximum atomic E-state index is 7.57. The Balaban J connectivity index is -0.0000000600. The first-order valence-corrected chi connectivity index (χ1v) is 6.79. The van der Waals surface area contributed by atoms with Gasteiger partial charge in [-0.1, -0.05) is 0 Å². The van der Waals surface area contributed by atoms with E-state index in [0.717, 1.165) is 0 Å². The number of hydrogen-bond donors (Lipinski definition) is 2. The van der Waals surface area contributed by atoms with E-state index < -0.39 is 0 Å². The molecule has 0 aromatic carbocycles. The zero-order valence-corrected chi connectivity index (χ0v) is 8.67. The Labute approximate surface area is 71.9 Å². The van der Waals surface area contributed by atoms with Gasteiger partial charge in [0.15, 0.2) is 0 Å². The summed E-state index contributed by atoms with van der Waals surface area (Å²) >= 11 is -0.346. The number of aliphatic hydroxyl groups excluding tert-OH is 2.